The summed E-state index contributed by atoms with van der Waals surface area (Å²) in [5.74, 6) is 0.797. The van der Waals surface area contributed by atoms with Crippen LogP contribution in [0.25, 0.3) is 0 Å². The van der Waals surface area contributed by atoms with Gasteiger partial charge < -0.3 is 4.90 Å². The van der Waals surface area contributed by atoms with Crippen LogP contribution in [0.2, 0.25) is 0 Å². The lowest BCUT2D eigenvalue weighted by atomic mass is 9.83. The molecule has 2 unspecified atom stereocenters. The van der Waals surface area contributed by atoms with Crippen molar-refractivity contribution < 1.29 is 13.2 Å². The van der Waals surface area contributed by atoms with Crippen molar-refractivity contribution in [1.29, 1.82) is 0 Å². The Hall–Kier alpha value is -1.40. The highest BCUT2D eigenvalue weighted by Crippen LogP contribution is 2.34. The summed E-state index contributed by atoms with van der Waals surface area (Å²) in [5.41, 5.74) is 0. The van der Waals surface area contributed by atoms with Gasteiger partial charge in [0.2, 0.25) is 15.9 Å². The number of rotatable bonds is 3. The van der Waals surface area contributed by atoms with Crippen molar-refractivity contribution in [3.8, 4) is 0 Å². The summed E-state index contributed by atoms with van der Waals surface area (Å²) >= 11 is 0. The number of benzene rings is 1. The van der Waals surface area contributed by atoms with Gasteiger partial charge in [0.15, 0.2) is 0 Å². The zero-order valence-electron chi connectivity index (χ0n) is 14.4. The van der Waals surface area contributed by atoms with E-state index < -0.39 is 10.0 Å². The van der Waals surface area contributed by atoms with E-state index in [4.69, 9.17) is 0 Å². The van der Waals surface area contributed by atoms with Crippen molar-refractivity contribution in [1.82, 2.24) is 9.21 Å². The molecule has 2 saturated heterocycles. The molecule has 5 nitrogen and oxygen atoms in total. The van der Waals surface area contributed by atoms with Crippen molar-refractivity contribution in [3.05, 3.63) is 30.3 Å². The molecular formula is C18H26N2O3S. The number of piperidine rings is 1. The van der Waals surface area contributed by atoms with Gasteiger partial charge in [-0.1, -0.05) is 18.2 Å². The van der Waals surface area contributed by atoms with E-state index in [-0.39, 0.29) is 17.9 Å². The topological polar surface area (TPSA) is 57.7 Å². The van der Waals surface area contributed by atoms with E-state index in [1.165, 1.54) is 0 Å². The van der Waals surface area contributed by atoms with Gasteiger partial charge in [0.1, 0.15) is 0 Å². The average molecular weight is 350 g/mol. The van der Waals surface area contributed by atoms with Crippen LogP contribution in [-0.2, 0) is 14.8 Å². The Bertz CT molecular complexity index is 687. The fourth-order valence-corrected chi connectivity index (χ4v) is 5.45. The molecule has 0 saturated carbocycles. The summed E-state index contributed by atoms with van der Waals surface area (Å²) in [6.45, 7) is 5.85. The van der Waals surface area contributed by atoms with E-state index in [2.05, 4.69) is 0 Å². The number of sulfonamides is 1. The molecule has 2 aliphatic heterocycles. The van der Waals surface area contributed by atoms with Crippen LogP contribution in [0, 0.1) is 11.8 Å². The van der Waals surface area contributed by atoms with E-state index in [1.807, 2.05) is 24.8 Å². The fourth-order valence-electron chi connectivity index (χ4n) is 3.92. The molecule has 0 N–H and O–H groups in total. The summed E-state index contributed by atoms with van der Waals surface area (Å²) in [6.07, 6.45) is 2.21. The fraction of sp³-hybridized carbons (Fsp3) is 0.611. The Balaban J connectivity index is 1.76. The number of likely N-dealkylation sites (tertiary alicyclic amines) is 1. The highest BCUT2D eigenvalue weighted by Gasteiger charge is 2.39. The van der Waals surface area contributed by atoms with Gasteiger partial charge in [0.25, 0.3) is 0 Å². The van der Waals surface area contributed by atoms with Crippen molar-refractivity contribution in [2.75, 3.05) is 19.6 Å². The maximum atomic E-state index is 12.8. The third-order valence-electron chi connectivity index (χ3n) is 5.36. The molecule has 0 radical (unpaired) electrons. The first kappa shape index (κ1) is 17.4. The second-order valence-electron chi connectivity index (χ2n) is 7.16. The number of nitrogens with zero attached hydrogens (tertiary/aromatic N) is 2. The average Bonchev–Trinajstić information content (AvgIpc) is 2.73. The van der Waals surface area contributed by atoms with Crippen molar-refractivity contribution in [3.63, 3.8) is 0 Å². The predicted molar refractivity (Wildman–Crippen MR) is 92.9 cm³/mol. The summed E-state index contributed by atoms with van der Waals surface area (Å²) < 4.78 is 27.3. The number of fused-ring (bicyclic) bond motifs is 1. The number of hydrogen-bond donors (Lipinski definition) is 0. The molecule has 0 aromatic heterocycles. The molecule has 6 heteroatoms. The van der Waals surface area contributed by atoms with E-state index >= 15 is 0 Å². The molecule has 0 bridgehead atoms. The molecule has 1 aromatic carbocycles. The molecule has 2 heterocycles. The number of carbonyl (C=O) groups is 1. The molecule has 0 spiro atoms. The van der Waals surface area contributed by atoms with Crippen LogP contribution >= 0.6 is 0 Å². The minimum absolute atomic E-state index is 0.210. The molecule has 1 amide bonds. The van der Waals surface area contributed by atoms with E-state index in [9.17, 15) is 13.2 Å². The minimum atomic E-state index is -3.43. The van der Waals surface area contributed by atoms with Crippen molar-refractivity contribution >= 4 is 15.9 Å². The number of amides is 1. The maximum absolute atomic E-state index is 12.8. The molecular weight excluding hydrogens is 324 g/mol. The quantitative estimate of drug-likeness (QED) is 0.841. The zero-order chi connectivity index (χ0) is 17.3. The van der Waals surface area contributed by atoms with Gasteiger partial charge in [-0.15, -0.1) is 0 Å². The second-order valence-corrected chi connectivity index (χ2v) is 9.10. The van der Waals surface area contributed by atoms with Crippen LogP contribution in [0.5, 0.6) is 0 Å². The van der Waals surface area contributed by atoms with E-state index in [0.717, 1.165) is 19.4 Å². The first-order valence-electron chi connectivity index (χ1n) is 8.74. The van der Waals surface area contributed by atoms with Gasteiger partial charge in [-0.3, -0.25) is 4.79 Å². The molecule has 2 fully saturated rings. The van der Waals surface area contributed by atoms with Crippen LogP contribution in [0.15, 0.2) is 35.2 Å². The Morgan fingerprint density at radius 1 is 1.04 bits per heavy atom. The molecule has 24 heavy (non-hydrogen) atoms. The molecule has 3 rings (SSSR count). The van der Waals surface area contributed by atoms with E-state index in [0.29, 0.717) is 30.3 Å². The molecule has 132 valence electrons. The highest BCUT2D eigenvalue weighted by atomic mass is 32.2. The smallest absolute Gasteiger partial charge is 0.243 e. The summed E-state index contributed by atoms with van der Waals surface area (Å²) in [4.78, 5) is 14.7. The first-order valence-corrected chi connectivity index (χ1v) is 10.2. The lowest BCUT2D eigenvalue weighted by Gasteiger charge is -2.36. The largest absolute Gasteiger partial charge is 0.340 e. The zero-order valence-corrected chi connectivity index (χ0v) is 15.2. The van der Waals surface area contributed by atoms with Gasteiger partial charge in [-0.2, -0.15) is 4.31 Å². The third-order valence-corrected chi connectivity index (χ3v) is 7.24. The summed E-state index contributed by atoms with van der Waals surface area (Å²) in [5, 5.41) is 0. The normalized spacial score (nSPS) is 26.3. The Labute approximate surface area is 144 Å². The monoisotopic (exact) mass is 350 g/mol. The molecule has 2 atom stereocenters. The van der Waals surface area contributed by atoms with Crippen LogP contribution < -0.4 is 0 Å². The molecule has 2 aliphatic rings. The third kappa shape index (κ3) is 3.35. The van der Waals surface area contributed by atoms with Crippen LogP contribution in [0.3, 0.4) is 0 Å². The Kier molecular flexibility index (Phi) is 4.97. The summed E-state index contributed by atoms with van der Waals surface area (Å²) in [7, 11) is -3.43. The van der Waals surface area contributed by atoms with Gasteiger partial charge in [0, 0.05) is 32.1 Å². The summed E-state index contributed by atoms with van der Waals surface area (Å²) in [6, 6.07) is 8.84. The van der Waals surface area contributed by atoms with Gasteiger partial charge in [0.05, 0.1) is 4.90 Å². The number of hydrogen-bond acceptors (Lipinski definition) is 3. The molecule has 1 aromatic rings. The second kappa shape index (κ2) is 6.84. The van der Waals surface area contributed by atoms with E-state index in [1.54, 1.807) is 28.6 Å². The standard InChI is InChI=1S/C18H26N2O3S/c1-14(2)20-11-9-16-13-19(10-8-15(16)12-18(20)21)24(22,23)17-6-4-3-5-7-17/h3-7,14-16H,8-13H2,1-2H3. The lowest BCUT2D eigenvalue weighted by Crippen LogP contribution is -2.43. The SMILES string of the molecule is CC(C)N1CCC2CN(S(=O)(=O)c3ccccc3)CCC2CC1=O. The molecule has 0 aliphatic carbocycles. The first-order chi connectivity index (χ1) is 11.4. The Morgan fingerprint density at radius 3 is 2.38 bits per heavy atom. The predicted octanol–water partition coefficient (Wildman–Crippen LogP) is 2.34. The van der Waals surface area contributed by atoms with Crippen LogP contribution in [0.4, 0.5) is 0 Å². The van der Waals surface area contributed by atoms with Crippen molar-refractivity contribution in [2.24, 2.45) is 11.8 Å². The van der Waals surface area contributed by atoms with Gasteiger partial charge in [-0.05, 0) is 50.7 Å². The van der Waals surface area contributed by atoms with Crippen LogP contribution in [0.1, 0.15) is 33.1 Å². The highest BCUT2D eigenvalue weighted by molar-refractivity contribution is 7.89. The van der Waals surface area contributed by atoms with Gasteiger partial charge in [-0.25, -0.2) is 8.42 Å². The lowest BCUT2D eigenvalue weighted by molar-refractivity contribution is -0.133. The number of carbonyl (C=O) groups excluding carboxylic acids is 1. The van der Waals surface area contributed by atoms with Crippen molar-refractivity contribution in [2.45, 2.75) is 44.0 Å². The van der Waals surface area contributed by atoms with Crippen LogP contribution in [-0.4, -0.2) is 49.2 Å². The Morgan fingerprint density at radius 2 is 1.71 bits per heavy atom. The van der Waals surface area contributed by atoms with Gasteiger partial charge >= 0.3 is 0 Å². The minimum Gasteiger partial charge on any atom is -0.340 e. The maximum Gasteiger partial charge on any atom is 0.243 e.